The van der Waals surface area contributed by atoms with E-state index in [2.05, 4.69) is 24.5 Å². The molecule has 0 bridgehead atoms. The van der Waals surface area contributed by atoms with Crippen LogP contribution in [0.2, 0.25) is 0 Å². The fourth-order valence-electron chi connectivity index (χ4n) is 3.37. The summed E-state index contributed by atoms with van der Waals surface area (Å²) in [5, 5.41) is 16.0. The van der Waals surface area contributed by atoms with Gasteiger partial charge >= 0.3 is 0 Å². The third-order valence-electron chi connectivity index (χ3n) is 5.58. The molecule has 0 aromatic heterocycles. The van der Waals surface area contributed by atoms with Gasteiger partial charge in [-0.1, -0.05) is 13.8 Å². The maximum Gasteiger partial charge on any atom is 0.223 e. The maximum absolute atomic E-state index is 12.3. The monoisotopic (exact) mass is 268 g/mol. The SMILES string of the molecule is CCC(CC)(CO)CNC(=O)C1CC12CCNCC2. The zero-order valence-electron chi connectivity index (χ0n) is 12.3. The zero-order valence-corrected chi connectivity index (χ0v) is 12.3. The molecule has 1 saturated heterocycles. The topological polar surface area (TPSA) is 61.4 Å². The Kier molecular flexibility index (Phi) is 4.51. The molecule has 2 aliphatic rings. The van der Waals surface area contributed by atoms with Crippen LogP contribution in [0.4, 0.5) is 0 Å². The van der Waals surface area contributed by atoms with Crippen LogP contribution in [0.5, 0.6) is 0 Å². The quantitative estimate of drug-likeness (QED) is 0.680. The molecule has 1 atom stereocenters. The van der Waals surface area contributed by atoms with Crippen molar-refractivity contribution in [3.63, 3.8) is 0 Å². The molecule has 4 heteroatoms. The second-order valence-corrected chi connectivity index (χ2v) is 6.45. The number of carbonyl (C=O) groups is 1. The molecule has 1 heterocycles. The Morgan fingerprint density at radius 2 is 2.00 bits per heavy atom. The smallest absolute Gasteiger partial charge is 0.223 e. The predicted molar refractivity (Wildman–Crippen MR) is 75.8 cm³/mol. The average molecular weight is 268 g/mol. The summed E-state index contributed by atoms with van der Waals surface area (Å²) >= 11 is 0. The predicted octanol–water partition coefficient (Wildman–Crippen LogP) is 1.29. The lowest BCUT2D eigenvalue weighted by Gasteiger charge is -2.30. The second-order valence-electron chi connectivity index (χ2n) is 6.45. The van der Waals surface area contributed by atoms with Crippen molar-refractivity contribution in [2.75, 3.05) is 26.2 Å². The highest BCUT2D eigenvalue weighted by atomic mass is 16.3. The van der Waals surface area contributed by atoms with E-state index in [9.17, 15) is 9.90 Å². The molecule has 1 amide bonds. The molecule has 3 N–H and O–H groups in total. The molecule has 110 valence electrons. The molecule has 2 rings (SSSR count). The highest BCUT2D eigenvalue weighted by Gasteiger charge is 2.57. The number of hydrogen-bond acceptors (Lipinski definition) is 3. The van der Waals surface area contributed by atoms with Crippen molar-refractivity contribution in [1.29, 1.82) is 0 Å². The molecular formula is C15H28N2O2. The first kappa shape index (κ1) is 14.8. The van der Waals surface area contributed by atoms with Crippen LogP contribution in [0.1, 0.15) is 46.0 Å². The third kappa shape index (κ3) is 2.95. The van der Waals surface area contributed by atoms with Gasteiger partial charge in [0.2, 0.25) is 5.91 Å². The molecule has 0 aromatic carbocycles. The summed E-state index contributed by atoms with van der Waals surface area (Å²) in [6.45, 7) is 7.03. The second kappa shape index (κ2) is 5.80. The number of amides is 1. The van der Waals surface area contributed by atoms with Crippen molar-refractivity contribution in [3.05, 3.63) is 0 Å². The standard InChI is InChI=1S/C15H28N2O2/c1-3-14(4-2,11-18)10-17-13(19)12-9-15(12)5-7-16-8-6-15/h12,16,18H,3-11H2,1-2H3,(H,17,19). The van der Waals surface area contributed by atoms with E-state index in [1.54, 1.807) is 0 Å². The van der Waals surface area contributed by atoms with Gasteiger partial charge in [-0.15, -0.1) is 0 Å². The zero-order chi connectivity index (χ0) is 13.9. The van der Waals surface area contributed by atoms with Crippen LogP contribution in [0, 0.1) is 16.7 Å². The van der Waals surface area contributed by atoms with Gasteiger partial charge in [0.25, 0.3) is 0 Å². The fraction of sp³-hybridized carbons (Fsp3) is 0.933. The molecule has 0 radical (unpaired) electrons. The molecule has 1 spiro atoms. The summed E-state index contributed by atoms with van der Waals surface area (Å²) in [5.41, 5.74) is 0.168. The Bertz CT molecular complexity index is 312. The van der Waals surface area contributed by atoms with E-state index in [-0.39, 0.29) is 23.8 Å². The molecule has 1 unspecified atom stereocenters. The van der Waals surface area contributed by atoms with E-state index in [0.29, 0.717) is 12.0 Å². The highest BCUT2D eigenvalue weighted by molar-refractivity contribution is 5.82. The van der Waals surface area contributed by atoms with E-state index >= 15 is 0 Å². The Morgan fingerprint density at radius 1 is 1.37 bits per heavy atom. The lowest BCUT2D eigenvalue weighted by molar-refractivity contribution is -0.124. The number of aliphatic hydroxyl groups is 1. The number of hydrogen-bond donors (Lipinski definition) is 3. The van der Waals surface area contributed by atoms with Crippen molar-refractivity contribution in [1.82, 2.24) is 10.6 Å². The minimum Gasteiger partial charge on any atom is -0.396 e. The summed E-state index contributed by atoms with van der Waals surface area (Å²) in [5.74, 6) is 0.432. The average Bonchev–Trinajstić information content (AvgIpc) is 3.15. The van der Waals surface area contributed by atoms with E-state index in [1.165, 1.54) is 0 Å². The van der Waals surface area contributed by atoms with Crippen molar-refractivity contribution < 1.29 is 9.90 Å². The maximum atomic E-state index is 12.3. The van der Waals surface area contributed by atoms with Gasteiger partial charge in [0, 0.05) is 17.9 Å². The van der Waals surface area contributed by atoms with Crippen molar-refractivity contribution in [2.24, 2.45) is 16.7 Å². The van der Waals surface area contributed by atoms with Gasteiger partial charge in [-0.05, 0) is 50.6 Å². The van der Waals surface area contributed by atoms with Crippen LogP contribution in [0.15, 0.2) is 0 Å². The molecular weight excluding hydrogens is 240 g/mol. The first-order valence-corrected chi connectivity index (χ1v) is 7.71. The van der Waals surface area contributed by atoms with Gasteiger partial charge in [-0.2, -0.15) is 0 Å². The van der Waals surface area contributed by atoms with E-state index in [1.807, 2.05) is 0 Å². The Hall–Kier alpha value is -0.610. The summed E-state index contributed by atoms with van der Waals surface area (Å²) in [6, 6.07) is 0. The minimum absolute atomic E-state index is 0.133. The summed E-state index contributed by atoms with van der Waals surface area (Å²) in [7, 11) is 0. The normalized spacial score (nSPS) is 25.3. The van der Waals surface area contributed by atoms with Gasteiger partial charge in [0.05, 0.1) is 6.61 Å². The molecule has 2 fully saturated rings. The van der Waals surface area contributed by atoms with Crippen LogP contribution >= 0.6 is 0 Å². The van der Waals surface area contributed by atoms with Crippen molar-refractivity contribution >= 4 is 5.91 Å². The first-order valence-electron chi connectivity index (χ1n) is 7.71. The third-order valence-corrected chi connectivity index (χ3v) is 5.58. The number of carbonyl (C=O) groups excluding carboxylic acids is 1. The fourth-order valence-corrected chi connectivity index (χ4v) is 3.37. The van der Waals surface area contributed by atoms with Crippen LogP contribution in [0.3, 0.4) is 0 Å². The molecule has 1 aliphatic heterocycles. The van der Waals surface area contributed by atoms with Gasteiger partial charge < -0.3 is 15.7 Å². The van der Waals surface area contributed by atoms with Crippen LogP contribution in [-0.4, -0.2) is 37.3 Å². The van der Waals surface area contributed by atoms with Crippen LogP contribution < -0.4 is 10.6 Å². The minimum atomic E-state index is -0.133. The van der Waals surface area contributed by atoms with E-state index in [0.717, 1.165) is 45.2 Å². The highest BCUT2D eigenvalue weighted by Crippen LogP contribution is 2.58. The number of rotatable bonds is 6. The summed E-state index contributed by atoms with van der Waals surface area (Å²) < 4.78 is 0. The first-order chi connectivity index (χ1) is 9.11. The molecule has 0 aromatic rings. The number of piperidine rings is 1. The Morgan fingerprint density at radius 3 is 2.53 bits per heavy atom. The lowest BCUT2D eigenvalue weighted by atomic mass is 9.83. The largest absolute Gasteiger partial charge is 0.396 e. The molecule has 1 aliphatic carbocycles. The van der Waals surface area contributed by atoms with Gasteiger partial charge in [0.15, 0.2) is 0 Å². The van der Waals surface area contributed by atoms with Gasteiger partial charge in [-0.3, -0.25) is 4.79 Å². The lowest BCUT2D eigenvalue weighted by Crippen LogP contribution is -2.41. The Balaban J connectivity index is 1.82. The van der Waals surface area contributed by atoms with E-state index < -0.39 is 0 Å². The molecule has 4 nitrogen and oxygen atoms in total. The molecule has 1 saturated carbocycles. The Labute approximate surface area is 116 Å². The van der Waals surface area contributed by atoms with Crippen LogP contribution in [0.25, 0.3) is 0 Å². The van der Waals surface area contributed by atoms with Crippen molar-refractivity contribution in [2.45, 2.75) is 46.0 Å². The summed E-state index contributed by atoms with van der Waals surface area (Å²) in [4.78, 5) is 12.3. The van der Waals surface area contributed by atoms with E-state index in [4.69, 9.17) is 0 Å². The van der Waals surface area contributed by atoms with Gasteiger partial charge in [-0.25, -0.2) is 0 Å². The number of nitrogens with one attached hydrogen (secondary N) is 2. The van der Waals surface area contributed by atoms with Crippen LogP contribution in [-0.2, 0) is 4.79 Å². The van der Waals surface area contributed by atoms with Crippen molar-refractivity contribution in [3.8, 4) is 0 Å². The summed E-state index contributed by atoms with van der Waals surface area (Å²) in [6.07, 6.45) is 5.14. The van der Waals surface area contributed by atoms with Gasteiger partial charge in [0.1, 0.15) is 0 Å². The number of aliphatic hydroxyl groups excluding tert-OH is 1. The molecule has 19 heavy (non-hydrogen) atoms.